The lowest BCUT2D eigenvalue weighted by Crippen LogP contribution is -2.25. The van der Waals surface area contributed by atoms with Crippen LogP contribution in [0.2, 0.25) is 0 Å². The minimum absolute atomic E-state index is 0.189. The van der Waals surface area contributed by atoms with Crippen molar-refractivity contribution >= 4 is 0 Å². The smallest absolute Gasteiger partial charge is 0.0120 e. The lowest BCUT2D eigenvalue weighted by molar-refractivity contribution is 0.664. The van der Waals surface area contributed by atoms with Crippen LogP contribution in [-0.2, 0) is 12.8 Å². The molecule has 94 valence electrons. The number of rotatable bonds is 4. The molecule has 1 unspecified atom stereocenters. The van der Waals surface area contributed by atoms with E-state index in [0.29, 0.717) is 0 Å². The molecule has 2 aromatic rings. The molecule has 2 rings (SSSR count). The maximum atomic E-state index is 6.23. The number of nitrogens with two attached hydrogens (primary N) is 1. The van der Waals surface area contributed by atoms with Crippen molar-refractivity contribution in [2.24, 2.45) is 5.73 Å². The monoisotopic (exact) mass is 239 g/mol. The van der Waals surface area contributed by atoms with Crippen LogP contribution in [0.25, 0.3) is 0 Å². The quantitative estimate of drug-likeness (QED) is 0.869. The van der Waals surface area contributed by atoms with Gasteiger partial charge in [0.15, 0.2) is 0 Å². The summed E-state index contributed by atoms with van der Waals surface area (Å²) in [6, 6.07) is 17.4. The van der Waals surface area contributed by atoms with Crippen molar-refractivity contribution < 1.29 is 0 Å². The van der Waals surface area contributed by atoms with Gasteiger partial charge in [-0.1, -0.05) is 59.7 Å². The molecule has 1 nitrogen and oxygen atoms in total. The van der Waals surface area contributed by atoms with Crippen LogP contribution in [0.5, 0.6) is 0 Å². The van der Waals surface area contributed by atoms with Gasteiger partial charge in [-0.2, -0.15) is 0 Å². The summed E-state index contributed by atoms with van der Waals surface area (Å²) >= 11 is 0. The van der Waals surface area contributed by atoms with Crippen molar-refractivity contribution in [2.75, 3.05) is 0 Å². The van der Waals surface area contributed by atoms with Gasteiger partial charge in [-0.3, -0.25) is 0 Å². The molecule has 0 radical (unpaired) electrons. The van der Waals surface area contributed by atoms with Crippen molar-refractivity contribution in [3.63, 3.8) is 0 Å². The average molecular weight is 239 g/mol. The first-order chi connectivity index (χ1) is 8.63. The first-order valence-corrected chi connectivity index (χ1v) is 6.50. The topological polar surface area (TPSA) is 26.0 Å². The summed E-state index contributed by atoms with van der Waals surface area (Å²) < 4.78 is 0. The Morgan fingerprint density at radius 1 is 0.833 bits per heavy atom. The molecule has 0 aliphatic rings. The number of hydrogen-bond acceptors (Lipinski definition) is 1. The Morgan fingerprint density at radius 2 is 1.50 bits per heavy atom. The van der Waals surface area contributed by atoms with Crippen molar-refractivity contribution in [1.29, 1.82) is 0 Å². The zero-order valence-corrected chi connectivity index (χ0v) is 11.2. The molecular formula is C17H21N. The highest BCUT2D eigenvalue weighted by Crippen LogP contribution is 2.10. The van der Waals surface area contributed by atoms with Crippen LogP contribution in [0.4, 0.5) is 0 Å². The van der Waals surface area contributed by atoms with E-state index in [9.17, 15) is 0 Å². The van der Waals surface area contributed by atoms with E-state index in [1.165, 1.54) is 22.3 Å². The van der Waals surface area contributed by atoms with E-state index >= 15 is 0 Å². The van der Waals surface area contributed by atoms with Crippen LogP contribution in [-0.4, -0.2) is 6.04 Å². The van der Waals surface area contributed by atoms with Crippen LogP contribution in [0, 0.1) is 13.8 Å². The predicted molar refractivity (Wildman–Crippen MR) is 77.7 cm³/mol. The minimum Gasteiger partial charge on any atom is -0.327 e. The molecular weight excluding hydrogens is 218 g/mol. The lowest BCUT2D eigenvalue weighted by Gasteiger charge is -2.12. The Bertz CT molecular complexity index is 499. The van der Waals surface area contributed by atoms with Gasteiger partial charge in [0.2, 0.25) is 0 Å². The highest BCUT2D eigenvalue weighted by atomic mass is 14.6. The molecule has 0 amide bonds. The zero-order valence-electron chi connectivity index (χ0n) is 11.2. The third kappa shape index (κ3) is 3.71. The molecule has 0 saturated heterocycles. The molecule has 0 saturated carbocycles. The molecule has 0 aliphatic heterocycles. The Kier molecular flexibility index (Phi) is 4.16. The Balaban J connectivity index is 1.96. The summed E-state index contributed by atoms with van der Waals surface area (Å²) in [7, 11) is 0. The first-order valence-electron chi connectivity index (χ1n) is 6.50. The highest BCUT2D eigenvalue weighted by Gasteiger charge is 2.05. The van der Waals surface area contributed by atoms with Gasteiger partial charge in [0.1, 0.15) is 0 Å². The van der Waals surface area contributed by atoms with Crippen molar-refractivity contribution in [3.8, 4) is 0 Å². The average Bonchev–Trinajstić information content (AvgIpc) is 2.32. The maximum Gasteiger partial charge on any atom is 0.0120 e. The van der Waals surface area contributed by atoms with Gasteiger partial charge in [-0.25, -0.2) is 0 Å². The van der Waals surface area contributed by atoms with E-state index in [1.807, 2.05) is 0 Å². The van der Waals surface area contributed by atoms with E-state index in [1.54, 1.807) is 0 Å². The third-order valence-electron chi connectivity index (χ3n) is 3.20. The summed E-state index contributed by atoms with van der Waals surface area (Å²) in [5, 5.41) is 0. The summed E-state index contributed by atoms with van der Waals surface area (Å²) in [6.45, 7) is 4.23. The summed E-state index contributed by atoms with van der Waals surface area (Å²) in [5.74, 6) is 0. The fraction of sp³-hybridized carbons (Fsp3) is 0.294. The van der Waals surface area contributed by atoms with Crippen LogP contribution in [0.1, 0.15) is 22.3 Å². The second-order valence-corrected chi connectivity index (χ2v) is 5.14. The largest absolute Gasteiger partial charge is 0.327 e. The fourth-order valence-corrected chi connectivity index (χ4v) is 2.24. The number of aryl methyl sites for hydroxylation is 2. The van der Waals surface area contributed by atoms with Gasteiger partial charge in [0.05, 0.1) is 0 Å². The van der Waals surface area contributed by atoms with E-state index in [4.69, 9.17) is 5.73 Å². The van der Waals surface area contributed by atoms with E-state index in [2.05, 4.69) is 62.4 Å². The summed E-state index contributed by atoms with van der Waals surface area (Å²) in [5.41, 5.74) is 11.5. The van der Waals surface area contributed by atoms with E-state index in [-0.39, 0.29) is 6.04 Å². The van der Waals surface area contributed by atoms with E-state index in [0.717, 1.165) is 12.8 Å². The summed E-state index contributed by atoms with van der Waals surface area (Å²) in [6.07, 6.45) is 1.88. The maximum absolute atomic E-state index is 6.23. The minimum atomic E-state index is 0.189. The molecule has 0 aromatic heterocycles. The fourth-order valence-electron chi connectivity index (χ4n) is 2.24. The molecule has 1 atom stereocenters. The van der Waals surface area contributed by atoms with E-state index < -0.39 is 0 Å². The number of hydrogen-bond donors (Lipinski definition) is 1. The summed E-state index contributed by atoms with van der Waals surface area (Å²) in [4.78, 5) is 0. The standard InChI is InChI=1S/C17H21N/c1-13-6-8-15(9-7-13)11-17(18)12-16-5-3-4-14(2)10-16/h3-10,17H,11-12,18H2,1-2H3. The highest BCUT2D eigenvalue weighted by molar-refractivity contribution is 5.25. The van der Waals surface area contributed by atoms with Gasteiger partial charge in [0.25, 0.3) is 0 Å². The second kappa shape index (κ2) is 5.83. The molecule has 0 heterocycles. The third-order valence-corrected chi connectivity index (χ3v) is 3.20. The normalized spacial score (nSPS) is 12.4. The van der Waals surface area contributed by atoms with Crippen LogP contribution in [0.3, 0.4) is 0 Å². The van der Waals surface area contributed by atoms with Crippen LogP contribution >= 0.6 is 0 Å². The van der Waals surface area contributed by atoms with Crippen molar-refractivity contribution in [3.05, 3.63) is 70.8 Å². The molecule has 18 heavy (non-hydrogen) atoms. The second-order valence-electron chi connectivity index (χ2n) is 5.14. The Morgan fingerprint density at radius 3 is 2.17 bits per heavy atom. The molecule has 2 N–H and O–H groups in total. The van der Waals surface area contributed by atoms with Gasteiger partial charge in [-0.15, -0.1) is 0 Å². The van der Waals surface area contributed by atoms with Gasteiger partial charge >= 0.3 is 0 Å². The Hall–Kier alpha value is -1.60. The SMILES string of the molecule is Cc1ccc(CC(N)Cc2cccc(C)c2)cc1. The lowest BCUT2D eigenvalue weighted by atomic mass is 9.98. The molecule has 1 heteroatoms. The molecule has 0 aliphatic carbocycles. The predicted octanol–water partition coefficient (Wildman–Crippen LogP) is 3.42. The first kappa shape index (κ1) is 12.8. The zero-order chi connectivity index (χ0) is 13.0. The van der Waals surface area contributed by atoms with Crippen LogP contribution < -0.4 is 5.73 Å². The molecule has 2 aromatic carbocycles. The van der Waals surface area contributed by atoms with Gasteiger partial charge in [-0.05, 0) is 37.8 Å². The molecule has 0 fully saturated rings. The van der Waals surface area contributed by atoms with Gasteiger partial charge in [0, 0.05) is 6.04 Å². The van der Waals surface area contributed by atoms with Crippen molar-refractivity contribution in [1.82, 2.24) is 0 Å². The molecule has 0 bridgehead atoms. The van der Waals surface area contributed by atoms with Crippen molar-refractivity contribution in [2.45, 2.75) is 32.7 Å². The van der Waals surface area contributed by atoms with Gasteiger partial charge < -0.3 is 5.73 Å². The van der Waals surface area contributed by atoms with Crippen LogP contribution in [0.15, 0.2) is 48.5 Å². The Labute approximate surface area is 110 Å². The number of benzene rings is 2. The molecule has 0 spiro atoms.